The van der Waals surface area contributed by atoms with Crippen molar-refractivity contribution in [3.05, 3.63) is 16.8 Å². The van der Waals surface area contributed by atoms with Gasteiger partial charge in [0.1, 0.15) is 17.0 Å². The molecule has 0 amide bonds. The lowest BCUT2D eigenvalue weighted by molar-refractivity contribution is 0.700. The fourth-order valence-corrected chi connectivity index (χ4v) is 3.76. The summed E-state index contributed by atoms with van der Waals surface area (Å²) in [6, 6.07) is 0.460. The predicted octanol–water partition coefficient (Wildman–Crippen LogP) is 3.78. The fraction of sp³-hybridized carbons (Fsp3) is 0.571. The van der Waals surface area contributed by atoms with Crippen molar-refractivity contribution in [1.29, 1.82) is 0 Å². The van der Waals surface area contributed by atoms with Gasteiger partial charge < -0.3 is 5.32 Å². The molecule has 18 heavy (non-hydrogen) atoms. The van der Waals surface area contributed by atoms with Gasteiger partial charge in [-0.15, -0.1) is 11.3 Å². The average molecular weight is 261 g/mol. The molecule has 1 N–H and O–H groups in total. The summed E-state index contributed by atoms with van der Waals surface area (Å²) in [6.45, 7) is 4.39. The van der Waals surface area contributed by atoms with Crippen LogP contribution in [0.15, 0.2) is 6.33 Å². The molecule has 2 aromatic rings. The van der Waals surface area contributed by atoms with E-state index in [2.05, 4.69) is 29.1 Å². The van der Waals surface area contributed by atoms with Gasteiger partial charge in [0.05, 0.1) is 5.39 Å². The van der Waals surface area contributed by atoms with Crippen LogP contribution in [0.5, 0.6) is 0 Å². The number of nitrogens with one attached hydrogen (secondary N) is 1. The van der Waals surface area contributed by atoms with E-state index >= 15 is 0 Å². The first kappa shape index (κ1) is 11.9. The number of rotatable bonds is 3. The first-order valence-corrected chi connectivity index (χ1v) is 7.63. The topological polar surface area (TPSA) is 37.8 Å². The Labute approximate surface area is 112 Å². The Morgan fingerprint density at radius 1 is 1.33 bits per heavy atom. The molecule has 0 bridgehead atoms. The Bertz CT molecular complexity index is 561. The van der Waals surface area contributed by atoms with Gasteiger partial charge in [0.25, 0.3) is 0 Å². The van der Waals surface area contributed by atoms with Crippen LogP contribution in [0.25, 0.3) is 10.2 Å². The summed E-state index contributed by atoms with van der Waals surface area (Å²) in [6.07, 6.45) is 7.84. The number of fused-ring (bicyclic) bond motifs is 3. The van der Waals surface area contributed by atoms with E-state index in [9.17, 15) is 0 Å². The second kappa shape index (κ2) is 4.84. The van der Waals surface area contributed by atoms with Gasteiger partial charge in [0.2, 0.25) is 0 Å². The lowest BCUT2D eigenvalue weighted by atomic mass is 9.97. The molecule has 1 atom stereocenters. The van der Waals surface area contributed by atoms with Crippen LogP contribution in [0.1, 0.15) is 43.6 Å². The number of thiophene rings is 1. The summed E-state index contributed by atoms with van der Waals surface area (Å²) < 4.78 is 0. The number of nitrogens with zero attached hydrogens (tertiary/aromatic N) is 2. The van der Waals surface area contributed by atoms with Crippen LogP contribution in [0.2, 0.25) is 0 Å². The summed E-state index contributed by atoms with van der Waals surface area (Å²) in [7, 11) is 0. The van der Waals surface area contributed by atoms with Crippen molar-refractivity contribution in [1.82, 2.24) is 9.97 Å². The molecule has 2 heterocycles. The van der Waals surface area contributed by atoms with E-state index in [4.69, 9.17) is 0 Å². The van der Waals surface area contributed by atoms with Crippen molar-refractivity contribution >= 4 is 27.4 Å². The van der Waals surface area contributed by atoms with Crippen LogP contribution in [0.3, 0.4) is 0 Å². The minimum atomic E-state index is 0.460. The smallest absolute Gasteiger partial charge is 0.138 e. The van der Waals surface area contributed by atoms with Crippen LogP contribution in [0.4, 0.5) is 5.82 Å². The highest BCUT2D eigenvalue weighted by Crippen LogP contribution is 2.38. The SMILES string of the molecule is CC[C@@H](C)Nc1ncnc2sc3c(c12)CCCC3. The molecule has 0 aromatic carbocycles. The van der Waals surface area contributed by atoms with E-state index in [1.165, 1.54) is 41.5 Å². The quantitative estimate of drug-likeness (QED) is 0.913. The minimum Gasteiger partial charge on any atom is -0.367 e. The van der Waals surface area contributed by atoms with E-state index in [0.29, 0.717) is 6.04 Å². The predicted molar refractivity (Wildman–Crippen MR) is 77.4 cm³/mol. The third-order valence-corrected chi connectivity index (χ3v) is 4.95. The van der Waals surface area contributed by atoms with Crippen molar-refractivity contribution in [3.63, 3.8) is 0 Å². The average Bonchev–Trinajstić information content (AvgIpc) is 2.78. The van der Waals surface area contributed by atoms with E-state index < -0.39 is 0 Å². The standard InChI is InChI=1S/C14H19N3S/c1-3-9(2)17-13-12-10-6-4-5-7-11(10)18-14(12)16-8-15-13/h8-9H,3-7H2,1-2H3,(H,15,16,17)/t9-/m1/s1. The molecule has 1 aliphatic rings. The molecular weight excluding hydrogens is 242 g/mol. The summed E-state index contributed by atoms with van der Waals surface area (Å²) in [5, 5.41) is 4.82. The largest absolute Gasteiger partial charge is 0.367 e. The zero-order valence-electron chi connectivity index (χ0n) is 11.0. The fourth-order valence-electron chi connectivity index (χ4n) is 2.54. The number of hydrogen-bond acceptors (Lipinski definition) is 4. The Morgan fingerprint density at radius 2 is 2.17 bits per heavy atom. The molecule has 0 unspecified atom stereocenters. The Kier molecular flexibility index (Phi) is 3.20. The van der Waals surface area contributed by atoms with Gasteiger partial charge in [0.15, 0.2) is 0 Å². The van der Waals surface area contributed by atoms with Crippen LogP contribution < -0.4 is 5.32 Å². The Hall–Kier alpha value is -1.16. The van der Waals surface area contributed by atoms with Crippen molar-refractivity contribution in [2.45, 2.75) is 52.0 Å². The summed E-state index contributed by atoms with van der Waals surface area (Å²) in [5.41, 5.74) is 1.51. The van der Waals surface area contributed by atoms with Gasteiger partial charge in [-0.3, -0.25) is 0 Å². The first-order valence-electron chi connectivity index (χ1n) is 6.81. The summed E-state index contributed by atoms with van der Waals surface area (Å²) in [4.78, 5) is 11.6. The number of aromatic nitrogens is 2. The Morgan fingerprint density at radius 3 is 3.00 bits per heavy atom. The van der Waals surface area contributed by atoms with Crippen LogP contribution >= 0.6 is 11.3 Å². The number of anilines is 1. The van der Waals surface area contributed by atoms with E-state index in [0.717, 1.165) is 17.1 Å². The molecule has 0 saturated heterocycles. The maximum atomic E-state index is 4.46. The third-order valence-electron chi connectivity index (χ3n) is 3.75. The molecule has 0 fully saturated rings. The summed E-state index contributed by atoms with van der Waals surface area (Å²) in [5.74, 6) is 1.04. The molecular formula is C14H19N3S. The zero-order chi connectivity index (χ0) is 12.5. The van der Waals surface area contributed by atoms with Gasteiger partial charge in [-0.05, 0) is 44.6 Å². The van der Waals surface area contributed by atoms with Crippen molar-refractivity contribution in [2.75, 3.05) is 5.32 Å². The second-order valence-corrected chi connectivity index (χ2v) is 6.15. The van der Waals surface area contributed by atoms with E-state index in [-0.39, 0.29) is 0 Å². The highest BCUT2D eigenvalue weighted by atomic mass is 32.1. The van der Waals surface area contributed by atoms with Gasteiger partial charge in [-0.1, -0.05) is 6.92 Å². The van der Waals surface area contributed by atoms with Crippen molar-refractivity contribution < 1.29 is 0 Å². The third kappa shape index (κ3) is 1.99. The van der Waals surface area contributed by atoms with Crippen LogP contribution in [0, 0.1) is 0 Å². The van der Waals surface area contributed by atoms with Crippen molar-refractivity contribution in [3.8, 4) is 0 Å². The number of aryl methyl sites for hydroxylation is 2. The molecule has 3 nitrogen and oxygen atoms in total. The normalized spacial score (nSPS) is 16.6. The molecule has 2 aromatic heterocycles. The molecule has 96 valence electrons. The lowest BCUT2D eigenvalue weighted by Crippen LogP contribution is -2.15. The van der Waals surface area contributed by atoms with Crippen LogP contribution in [-0.4, -0.2) is 16.0 Å². The van der Waals surface area contributed by atoms with E-state index in [1.807, 2.05) is 11.3 Å². The second-order valence-electron chi connectivity index (χ2n) is 5.07. The monoisotopic (exact) mass is 261 g/mol. The molecule has 1 aliphatic carbocycles. The maximum Gasteiger partial charge on any atom is 0.138 e. The first-order chi connectivity index (χ1) is 8.79. The highest BCUT2D eigenvalue weighted by molar-refractivity contribution is 7.19. The van der Waals surface area contributed by atoms with E-state index in [1.54, 1.807) is 6.33 Å². The molecule has 0 aliphatic heterocycles. The van der Waals surface area contributed by atoms with Gasteiger partial charge in [0, 0.05) is 10.9 Å². The van der Waals surface area contributed by atoms with Gasteiger partial charge in [-0.2, -0.15) is 0 Å². The molecule has 0 radical (unpaired) electrons. The molecule has 3 rings (SSSR count). The molecule has 0 spiro atoms. The lowest BCUT2D eigenvalue weighted by Gasteiger charge is -2.15. The zero-order valence-corrected chi connectivity index (χ0v) is 11.8. The number of hydrogen-bond donors (Lipinski definition) is 1. The maximum absolute atomic E-state index is 4.46. The highest BCUT2D eigenvalue weighted by Gasteiger charge is 2.20. The van der Waals surface area contributed by atoms with Crippen molar-refractivity contribution in [2.24, 2.45) is 0 Å². The minimum absolute atomic E-state index is 0.460. The van der Waals surface area contributed by atoms with Gasteiger partial charge >= 0.3 is 0 Å². The van der Waals surface area contributed by atoms with Gasteiger partial charge in [-0.25, -0.2) is 9.97 Å². The van der Waals surface area contributed by atoms with Crippen LogP contribution in [-0.2, 0) is 12.8 Å². The molecule has 4 heteroatoms. The molecule has 0 saturated carbocycles. The Balaban J connectivity index is 2.10. The summed E-state index contributed by atoms with van der Waals surface area (Å²) >= 11 is 1.86.